The molecule has 2 atom stereocenters. The lowest BCUT2D eigenvalue weighted by molar-refractivity contribution is -0.219. The van der Waals surface area contributed by atoms with Gasteiger partial charge in [-0.3, -0.25) is 4.79 Å². The van der Waals surface area contributed by atoms with Gasteiger partial charge in [-0.25, -0.2) is 0 Å². The normalized spacial score (nSPS) is 34.5. The van der Waals surface area contributed by atoms with E-state index in [1.807, 2.05) is 30.3 Å². The van der Waals surface area contributed by atoms with Crippen molar-refractivity contribution in [3.63, 3.8) is 0 Å². The van der Waals surface area contributed by atoms with Crippen molar-refractivity contribution in [3.05, 3.63) is 35.9 Å². The number of ether oxygens (including phenoxy) is 2. The van der Waals surface area contributed by atoms with Gasteiger partial charge in [0.2, 0.25) is 0 Å². The van der Waals surface area contributed by atoms with Crippen LogP contribution in [0, 0.1) is 5.41 Å². The highest BCUT2D eigenvalue weighted by molar-refractivity contribution is 6.01. The quantitative estimate of drug-likeness (QED) is 0.769. The maximum Gasteiger partial charge on any atom is 0.180 e. The zero-order chi connectivity index (χ0) is 12.6. The van der Waals surface area contributed by atoms with Crippen LogP contribution in [0.2, 0.25) is 0 Å². The van der Waals surface area contributed by atoms with Crippen LogP contribution in [0.5, 0.6) is 0 Å². The van der Waals surface area contributed by atoms with Gasteiger partial charge in [0.25, 0.3) is 0 Å². The average Bonchev–Trinajstić information content (AvgIpc) is 2.94. The van der Waals surface area contributed by atoms with E-state index in [0.717, 1.165) is 31.2 Å². The van der Waals surface area contributed by atoms with Crippen molar-refractivity contribution >= 4 is 5.78 Å². The molecule has 1 aromatic carbocycles. The summed E-state index contributed by atoms with van der Waals surface area (Å²) in [6, 6.07) is 9.51. The number of methoxy groups -OCH3 is 1. The van der Waals surface area contributed by atoms with E-state index < -0.39 is 11.2 Å². The minimum absolute atomic E-state index is 0.181. The largest absolute Gasteiger partial charge is 0.352 e. The molecule has 18 heavy (non-hydrogen) atoms. The Balaban J connectivity index is 2.02. The minimum atomic E-state index is -0.681. The third-order valence-electron chi connectivity index (χ3n) is 4.50. The average molecular weight is 246 g/mol. The summed E-state index contributed by atoms with van der Waals surface area (Å²) in [5.74, 6) is -0.500. The summed E-state index contributed by atoms with van der Waals surface area (Å²) in [6.45, 7) is 0.617. The Morgan fingerprint density at radius 1 is 1.22 bits per heavy atom. The molecule has 3 nitrogen and oxygen atoms in total. The molecule has 3 rings (SSSR count). The first kappa shape index (κ1) is 11.9. The zero-order valence-corrected chi connectivity index (χ0v) is 10.6. The zero-order valence-electron chi connectivity index (χ0n) is 10.6. The fourth-order valence-corrected chi connectivity index (χ4v) is 3.59. The summed E-state index contributed by atoms with van der Waals surface area (Å²) in [4.78, 5) is 12.9. The van der Waals surface area contributed by atoms with Crippen LogP contribution in [-0.2, 0) is 9.47 Å². The number of hydrogen-bond acceptors (Lipinski definition) is 3. The van der Waals surface area contributed by atoms with Crippen LogP contribution in [0.15, 0.2) is 30.3 Å². The number of benzene rings is 1. The van der Waals surface area contributed by atoms with Crippen molar-refractivity contribution in [2.45, 2.75) is 31.5 Å². The Labute approximate surface area is 107 Å². The highest BCUT2D eigenvalue weighted by atomic mass is 16.7. The van der Waals surface area contributed by atoms with Crippen LogP contribution in [0.25, 0.3) is 0 Å². The molecule has 2 aliphatic rings. The fraction of sp³-hybridized carbons (Fsp3) is 0.533. The summed E-state index contributed by atoms with van der Waals surface area (Å²) in [5.41, 5.74) is 0.301. The maximum atomic E-state index is 12.9. The van der Waals surface area contributed by atoms with Crippen molar-refractivity contribution in [1.29, 1.82) is 0 Å². The molecule has 0 amide bonds. The summed E-state index contributed by atoms with van der Waals surface area (Å²) < 4.78 is 11.4. The van der Waals surface area contributed by atoms with Gasteiger partial charge in [-0.15, -0.1) is 0 Å². The second kappa shape index (κ2) is 4.18. The first-order chi connectivity index (χ1) is 8.74. The van der Waals surface area contributed by atoms with Gasteiger partial charge in [-0.1, -0.05) is 30.3 Å². The van der Waals surface area contributed by atoms with Gasteiger partial charge in [0.15, 0.2) is 11.6 Å². The Morgan fingerprint density at radius 3 is 2.72 bits per heavy atom. The molecular formula is C15H18O3. The van der Waals surface area contributed by atoms with E-state index in [-0.39, 0.29) is 5.78 Å². The van der Waals surface area contributed by atoms with Crippen LogP contribution in [0.1, 0.15) is 36.0 Å². The van der Waals surface area contributed by atoms with E-state index in [4.69, 9.17) is 9.47 Å². The van der Waals surface area contributed by atoms with Gasteiger partial charge in [0.05, 0.1) is 12.0 Å². The number of fused-ring (bicyclic) bond motifs is 1. The van der Waals surface area contributed by atoms with Crippen LogP contribution in [0.3, 0.4) is 0 Å². The molecule has 0 spiro atoms. The number of carbonyl (C=O) groups excluding carboxylic acids is 1. The van der Waals surface area contributed by atoms with Crippen molar-refractivity contribution in [2.75, 3.05) is 13.7 Å². The Bertz CT molecular complexity index is 442. The summed E-state index contributed by atoms with van der Waals surface area (Å²) >= 11 is 0. The molecule has 0 bridgehead atoms. The molecule has 1 aliphatic heterocycles. The molecule has 0 aromatic heterocycles. The van der Waals surface area contributed by atoms with Gasteiger partial charge < -0.3 is 9.47 Å². The Morgan fingerprint density at radius 2 is 2.00 bits per heavy atom. The van der Waals surface area contributed by atoms with Crippen molar-refractivity contribution < 1.29 is 14.3 Å². The van der Waals surface area contributed by atoms with Crippen molar-refractivity contribution in [2.24, 2.45) is 5.41 Å². The predicted octanol–water partition coefficient (Wildman–Crippen LogP) is 2.80. The molecule has 0 unspecified atom stereocenters. The third-order valence-corrected chi connectivity index (χ3v) is 4.50. The SMILES string of the molecule is CO[C@@]12CCC[C@]1(C(=O)c1ccccc1)CCO2. The lowest BCUT2D eigenvalue weighted by Crippen LogP contribution is -2.47. The molecule has 1 aliphatic carbocycles. The topological polar surface area (TPSA) is 35.5 Å². The highest BCUT2D eigenvalue weighted by Crippen LogP contribution is 2.57. The molecule has 0 radical (unpaired) electrons. The minimum Gasteiger partial charge on any atom is -0.352 e. The number of carbonyl (C=O) groups is 1. The number of rotatable bonds is 3. The first-order valence-electron chi connectivity index (χ1n) is 6.53. The summed E-state index contributed by atoms with van der Waals surface area (Å²) in [5, 5.41) is 0. The second-order valence-electron chi connectivity index (χ2n) is 5.19. The Kier molecular flexibility index (Phi) is 2.76. The molecule has 3 heteroatoms. The van der Waals surface area contributed by atoms with Crippen molar-refractivity contribution in [3.8, 4) is 0 Å². The second-order valence-corrected chi connectivity index (χ2v) is 5.19. The third kappa shape index (κ3) is 1.41. The maximum absolute atomic E-state index is 12.9. The van der Waals surface area contributed by atoms with Gasteiger partial charge >= 0.3 is 0 Å². The standard InChI is InChI=1S/C15H18O3/c1-17-15-9-5-8-14(15,10-11-18-15)13(16)12-6-3-2-4-7-12/h2-4,6-7H,5,8-11H2,1H3/t14-,15-/m1/s1. The van der Waals surface area contributed by atoms with Gasteiger partial charge in [-0.2, -0.15) is 0 Å². The van der Waals surface area contributed by atoms with E-state index >= 15 is 0 Å². The van der Waals surface area contributed by atoms with Crippen LogP contribution < -0.4 is 0 Å². The molecule has 1 saturated carbocycles. The molecule has 1 saturated heterocycles. The van der Waals surface area contributed by atoms with Crippen LogP contribution >= 0.6 is 0 Å². The van der Waals surface area contributed by atoms with E-state index in [9.17, 15) is 4.79 Å². The molecule has 1 heterocycles. The fourth-order valence-electron chi connectivity index (χ4n) is 3.59. The first-order valence-corrected chi connectivity index (χ1v) is 6.53. The molecule has 0 N–H and O–H groups in total. The summed E-state index contributed by atoms with van der Waals surface area (Å²) in [6.07, 6.45) is 3.46. The molecule has 1 aromatic rings. The highest BCUT2D eigenvalue weighted by Gasteiger charge is 2.64. The van der Waals surface area contributed by atoms with Gasteiger partial charge in [0, 0.05) is 19.1 Å². The molecule has 2 fully saturated rings. The monoisotopic (exact) mass is 246 g/mol. The number of ketones is 1. The Hall–Kier alpha value is -1.19. The van der Waals surface area contributed by atoms with E-state index in [1.165, 1.54) is 0 Å². The number of Topliss-reactive ketones (excluding diaryl/α,β-unsaturated/α-hetero) is 1. The number of hydrogen-bond donors (Lipinski definition) is 0. The van der Waals surface area contributed by atoms with E-state index in [2.05, 4.69) is 0 Å². The van der Waals surface area contributed by atoms with Crippen LogP contribution in [-0.4, -0.2) is 25.3 Å². The lowest BCUT2D eigenvalue weighted by Gasteiger charge is -2.36. The predicted molar refractivity (Wildman–Crippen MR) is 67.4 cm³/mol. The molecular weight excluding hydrogens is 228 g/mol. The smallest absolute Gasteiger partial charge is 0.180 e. The van der Waals surface area contributed by atoms with Gasteiger partial charge in [0.1, 0.15) is 0 Å². The van der Waals surface area contributed by atoms with E-state index in [1.54, 1.807) is 7.11 Å². The van der Waals surface area contributed by atoms with Gasteiger partial charge in [-0.05, 0) is 19.3 Å². The van der Waals surface area contributed by atoms with E-state index in [0.29, 0.717) is 6.61 Å². The molecule has 96 valence electrons. The van der Waals surface area contributed by atoms with Crippen LogP contribution in [0.4, 0.5) is 0 Å². The van der Waals surface area contributed by atoms with Crippen molar-refractivity contribution in [1.82, 2.24) is 0 Å². The summed E-state index contributed by atoms with van der Waals surface area (Å²) in [7, 11) is 1.66. The lowest BCUT2D eigenvalue weighted by atomic mass is 9.74.